The fourth-order valence-electron chi connectivity index (χ4n) is 2.19. The number of nitrogens with one attached hydrogen (secondary N) is 2. The summed E-state index contributed by atoms with van der Waals surface area (Å²) in [7, 11) is 1.38. The van der Waals surface area contributed by atoms with Crippen LogP contribution in [0.15, 0.2) is 46.9 Å². The topological polar surface area (TPSA) is 154 Å². The molecule has 154 valence electrons. The lowest BCUT2D eigenvalue weighted by atomic mass is 10.2. The minimum atomic E-state index is -0.845. The molecule has 3 rings (SSSR count). The van der Waals surface area contributed by atoms with E-state index in [1.807, 2.05) is 5.32 Å². The monoisotopic (exact) mass is 430 g/mol. The first-order valence-electron chi connectivity index (χ1n) is 8.23. The Morgan fingerprint density at radius 1 is 1.33 bits per heavy atom. The van der Waals surface area contributed by atoms with Gasteiger partial charge in [-0.15, -0.1) is 0 Å². The number of esters is 1. The van der Waals surface area contributed by atoms with E-state index in [0.29, 0.717) is 17.3 Å². The summed E-state index contributed by atoms with van der Waals surface area (Å²) in [6, 6.07) is 4.57. The number of imide groups is 1. The Balaban J connectivity index is 1.61. The molecule has 1 aromatic heterocycles. The number of nitrogens with zero attached hydrogens (tertiary/aromatic N) is 4. The molecule has 1 fully saturated rings. The minimum absolute atomic E-state index is 0.0348. The quantitative estimate of drug-likeness (QED) is 0.206. The average Bonchev–Trinajstić information content (AvgIpc) is 3.32. The predicted molar refractivity (Wildman–Crippen MR) is 104 cm³/mol. The minimum Gasteiger partial charge on any atom is -0.493 e. The third kappa shape index (κ3) is 5.51. The van der Waals surface area contributed by atoms with E-state index in [2.05, 4.69) is 20.6 Å². The molecule has 0 radical (unpaired) electrons. The highest BCUT2D eigenvalue weighted by Crippen LogP contribution is 2.29. The summed E-state index contributed by atoms with van der Waals surface area (Å²) in [6.07, 6.45) is 5.01. The fourth-order valence-corrected chi connectivity index (χ4v) is 2.83. The highest BCUT2D eigenvalue weighted by atomic mass is 32.2. The van der Waals surface area contributed by atoms with E-state index in [-0.39, 0.29) is 22.9 Å². The van der Waals surface area contributed by atoms with Crippen LogP contribution in [-0.4, -0.2) is 51.1 Å². The molecule has 1 saturated heterocycles. The highest BCUT2D eigenvalue weighted by molar-refractivity contribution is 8.18. The SMILES string of the molecule is COc1cc(/C=N/NC(=O)Cn2cncn2)ccc1OC(=O)/C=C1\SC(=O)NC1=O. The third-order valence-corrected chi connectivity index (χ3v) is 4.27. The van der Waals surface area contributed by atoms with Gasteiger partial charge in [-0.1, -0.05) is 0 Å². The Bertz CT molecular complexity index is 1050. The second-order valence-electron chi connectivity index (χ2n) is 5.57. The molecule has 2 heterocycles. The zero-order valence-corrected chi connectivity index (χ0v) is 16.2. The number of methoxy groups -OCH3 is 1. The van der Waals surface area contributed by atoms with Crippen molar-refractivity contribution in [3.63, 3.8) is 0 Å². The summed E-state index contributed by atoms with van der Waals surface area (Å²) in [5.74, 6) is -1.58. The van der Waals surface area contributed by atoms with E-state index in [0.717, 1.165) is 6.08 Å². The summed E-state index contributed by atoms with van der Waals surface area (Å²) in [4.78, 5) is 50.0. The van der Waals surface area contributed by atoms with Crippen molar-refractivity contribution in [2.24, 2.45) is 5.10 Å². The zero-order valence-electron chi connectivity index (χ0n) is 15.4. The van der Waals surface area contributed by atoms with Crippen LogP contribution < -0.4 is 20.2 Å². The van der Waals surface area contributed by atoms with Gasteiger partial charge in [0.2, 0.25) is 0 Å². The summed E-state index contributed by atoms with van der Waals surface area (Å²) in [5.41, 5.74) is 2.90. The summed E-state index contributed by atoms with van der Waals surface area (Å²) < 4.78 is 11.7. The molecule has 0 spiro atoms. The van der Waals surface area contributed by atoms with E-state index in [1.165, 1.54) is 42.8 Å². The van der Waals surface area contributed by atoms with Crippen molar-refractivity contribution in [3.8, 4) is 11.5 Å². The number of hydrogen-bond donors (Lipinski definition) is 2. The van der Waals surface area contributed by atoms with Crippen molar-refractivity contribution >= 4 is 41.0 Å². The van der Waals surface area contributed by atoms with Crippen LogP contribution in [0.25, 0.3) is 0 Å². The number of ether oxygens (including phenoxy) is 2. The summed E-state index contributed by atoms with van der Waals surface area (Å²) in [6.45, 7) is -0.0348. The third-order valence-electron chi connectivity index (χ3n) is 3.46. The fraction of sp³-hybridized carbons (Fsp3) is 0.118. The zero-order chi connectivity index (χ0) is 21.5. The molecule has 0 aliphatic carbocycles. The first-order chi connectivity index (χ1) is 14.4. The molecule has 0 unspecified atom stereocenters. The number of rotatable bonds is 7. The Labute approximate surface area is 173 Å². The van der Waals surface area contributed by atoms with Crippen molar-refractivity contribution in [1.29, 1.82) is 0 Å². The lowest BCUT2D eigenvalue weighted by Gasteiger charge is -2.08. The van der Waals surface area contributed by atoms with Crippen molar-refractivity contribution in [2.45, 2.75) is 6.54 Å². The number of hydrazone groups is 1. The molecule has 0 bridgehead atoms. The molecular formula is C17H14N6O6S. The normalized spacial score (nSPS) is 14.8. The molecule has 0 saturated carbocycles. The van der Waals surface area contributed by atoms with Gasteiger partial charge < -0.3 is 9.47 Å². The van der Waals surface area contributed by atoms with Gasteiger partial charge in [0, 0.05) is 6.08 Å². The summed E-state index contributed by atoms with van der Waals surface area (Å²) in [5, 5.41) is 9.12. The van der Waals surface area contributed by atoms with Gasteiger partial charge in [-0.25, -0.2) is 19.9 Å². The lowest BCUT2D eigenvalue weighted by molar-refractivity contribution is -0.129. The predicted octanol–water partition coefficient (Wildman–Crippen LogP) is 0.209. The molecule has 1 aliphatic rings. The largest absolute Gasteiger partial charge is 0.493 e. The number of hydrogen-bond acceptors (Lipinski definition) is 10. The second-order valence-corrected chi connectivity index (χ2v) is 6.58. The van der Waals surface area contributed by atoms with Gasteiger partial charge in [0.05, 0.1) is 18.2 Å². The molecule has 1 aromatic carbocycles. The second kappa shape index (κ2) is 9.47. The van der Waals surface area contributed by atoms with E-state index >= 15 is 0 Å². The number of carbonyl (C=O) groups is 4. The molecule has 0 atom stereocenters. The molecule has 3 amide bonds. The van der Waals surface area contributed by atoms with Gasteiger partial charge in [0.15, 0.2) is 11.5 Å². The maximum atomic E-state index is 12.0. The Morgan fingerprint density at radius 2 is 2.17 bits per heavy atom. The Kier molecular flexibility index (Phi) is 6.54. The lowest BCUT2D eigenvalue weighted by Crippen LogP contribution is -2.23. The Morgan fingerprint density at radius 3 is 2.83 bits per heavy atom. The van der Waals surface area contributed by atoms with Crippen LogP contribution in [0.3, 0.4) is 0 Å². The van der Waals surface area contributed by atoms with Crippen LogP contribution in [0, 0.1) is 0 Å². The molecule has 13 heteroatoms. The van der Waals surface area contributed by atoms with Gasteiger partial charge >= 0.3 is 5.97 Å². The first-order valence-corrected chi connectivity index (χ1v) is 9.05. The number of benzene rings is 1. The van der Waals surface area contributed by atoms with E-state index in [9.17, 15) is 19.2 Å². The maximum absolute atomic E-state index is 12.0. The number of amides is 3. The van der Waals surface area contributed by atoms with Gasteiger partial charge in [0.1, 0.15) is 19.2 Å². The van der Waals surface area contributed by atoms with Crippen LogP contribution in [0.5, 0.6) is 11.5 Å². The van der Waals surface area contributed by atoms with Crippen molar-refractivity contribution in [1.82, 2.24) is 25.5 Å². The van der Waals surface area contributed by atoms with Crippen LogP contribution in [0.2, 0.25) is 0 Å². The standard InChI is InChI=1S/C17H14N6O6S/c1-28-12-4-10(6-19-22-14(24)7-23-9-18-8-20-23)2-3-11(12)29-15(25)5-13-16(26)21-17(27)30-13/h2-6,8-9H,7H2,1H3,(H,22,24)(H,21,26,27)/b13-5-,19-6+. The highest BCUT2D eigenvalue weighted by Gasteiger charge is 2.26. The van der Waals surface area contributed by atoms with Crippen molar-refractivity contribution < 1.29 is 28.7 Å². The van der Waals surface area contributed by atoms with Crippen molar-refractivity contribution in [2.75, 3.05) is 7.11 Å². The first kappa shape index (κ1) is 20.7. The molecule has 2 N–H and O–H groups in total. The van der Waals surface area contributed by atoms with Crippen LogP contribution in [0.4, 0.5) is 4.79 Å². The number of thioether (sulfide) groups is 1. The van der Waals surface area contributed by atoms with Crippen LogP contribution in [0.1, 0.15) is 5.56 Å². The smallest absolute Gasteiger partial charge is 0.337 e. The van der Waals surface area contributed by atoms with Gasteiger partial charge in [-0.05, 0) is 35.5 Å². The van der Waals surface area contributed by atoms with E-state index in [4.69, 9.17) is 9.47 Å². The van der Waals surface area contributed by atoms with Gasteiger partial charge in [-0.3, -0.25) is 19.7 Å². The maximum Gasteiger partial charge on any atom is 0.337 e. The van der Waals surface area contributed by atoms with Gasteiger partial charge in [-0.2, -0.15) is 10.2 Å². The molecule has 2 aromatic rings. The average molecular weight is 430 g/mol. The number of aromatic nitrogens is 3. The Hall–Kier alpha value is -4.00. The van der Waals surface area contributed by atoms with Gasteiger partial charge in [0.25, 0.3) is 17.1 Å². The molecule has 30 heavy (non-hydrogen) atoms. The molecule has 12 nitrogen and oxygen atoms in total. The molecular weight excluding hydrogens is 416 g/mol. The van der Waals surface area contributed by atoms with E-state index in [1.54, 1.807) is 6.07 Å². The van der Waals surface area contributed by atoms with E-state index < -0.39 is 23.0 Å². The van der Waals surface area contributed by atoms with Crippen LogP contribution in [-0.2, 0) is 20.9 Å². The number of carbonyl (C=O) groups excluding carboxylic acids is 4. The van der Waals surface area contributed by atoms with Crippen LogP contribution >= 0.6 is 11.8 Å². The molecule has 1 aliphatic heterocycles. The van der Waals surface area contributed by atoms with Crippen molar-refractivity contribution in [3.05, 3.63) is 47.4 Å². The summed E-state index contributed by atoms with van der Waals surface area (Å²) >= 11 is 0.606.